The molecule has 0 amide bonds. The Labute approximate surface area is 118 Å². The molecule has 0 bridgehead atoms. The second-order valence-corrected chi connectivity index (χ2v) is 4.57. The number of benzene rings is 1. The third-order valence-corrected chi connectivity index (χ3v) is 3.24. The molecule has 2 aromatic rings. The van der Waals surface area contributed by atoms with Crippen LogP contribution in [0.2, 0.25) is 0 Å². The predicted molar refractivity (Wildman–Crippen MR) is 79.7 cm³/mol. The Bertz CT molecular complexity index is 546. The lowest BCUT2D eigenvalue weighted by atomic mass is 10.0. The summed E-state index contributed by atoms with van der Waals surface area (Å²) in [4.78, 5) is 1.79. The lowest BCUT2D eigenvalue weighted by molar-refractivity contribution is 0.277. The van der Waals surface area contributed by atoms with Crippen molar-refractivity contribution >= 4 is 11.8 Å². The number of nitrogens with zero attached hydrogens (tertiary/aromatic N) is 1. The van der Waals surface area contributed by atoms with Crippen LogP contribution >= 0.6 is 0 Å². The van der Waals surface area contributed by atoms with Crippen LogP contribution < -0.4 is 10.6 Å². The lowest BCUT2D eigenvalue weighted by Crippen LogP contribution is -2.29. The fourth-order valence-electron chi connectivity index (χ4n) is 2.35. The van der Waals surface area contributed by atoms with Gasteiger partial charge in [-0.05, 0) is 12.5 Å². The highest BCUT2D eigenvalue weighted by Gasteiger charge is 2.20. The SMILES string of the molecule is Cc1c(N(CCO)CCO)oc(N)c1-c1ccccc1. The van der Waals surface area contributed by atoms with E-state index in [2.05, 4.69) is 0 Å². The first kappa shape index (κ1) is 14.4. The third-order valence-electron chi connectivity index (χ3n) is 3.24. The van der Waals surface area contributed by atoms with Gasteiger partial charge < -0.3 is 25.3 Å². The smallest absolute Gasteiger partial charge is 0.201 e. The van der Waals surface area contributed by atoms with Crippen molar-refractivity contribution in [2.45, 2.75) is 6.92 Å². The zero-order chi connectivity index (χ0) is 14.5. The minimum atomic E-state index is -0.0132. The second-order valence-electron chi connectivity index (χ2n) is 4.57. The summed E-state index contributed by atoms with van der Waals surface area (Å²) in [5, 5.41) is 18.2. The van der Waals surface area contributed by atoms with E-state index < -0.39 is 0 Å². The van der Waals surface area contributed by atoms with Gasteiger partial charge in [-0.25, -0.2) is 0 Å². The molecule has 1 aromatic heterocycles. The number of anilines is 2. The molecular weight excluding hydrogens is 256 g/mol. The average Bonchev–Trinajstić information content (AvgIpc) is 2.75. The van der Waals surface area contributed by atoms with E-state index in [4.69, 9.17) is 20.4 Å². The second kappa shape index (κ2) is 6.45. The fraction of sp³-hybridized carbons (Fsp3) is 0.333. The lowest BCUT2D eigenvalue weighted by Gasteiger charge is -2.20. The highest BCUT2D eigenvalue weighted by molar-refractivity contribution is 5.80. The number of hydrogen-bond acceptors (Lipinski definition) is 5. The van der Waals surface area contributed by atoms with Crippen molar-refractivity contribution in [3.63, 3.8) is 0 Å². The van der Waals surface area contributed by atoms with Gasteiger partial charge in [0.1, 0.15) is 0 Å². The summed E-state index contributed by atoms with van der Waals surface area (Å²) in [5.41, 5.74) is 8.75. The normalized spacial score (nSPS) is 10.8. The first-order valence-electron chi connectivity index (χ1n) is 6.60. The van der Waals surface area contributed by atoms with Crippen LogP contribution in [0.15, 0.2) is 34.7 Å². The number of aliphatic hydroxyl groups is 2. The largest absolute Gasteiger partial charge is 0.424 e. The molecular formula is C15H20N2O3. The average molecular weight is 276 g/mol. The molecule has 0 radical (unpaired) electrons. The van der Waals surface area contributed by atoms with Gasteiger partial charge in [-0.1, -0.05) is 30.3 Å². The summed E-state index contributed by atoms with van der Waals surface area (Å²) in [7, 11) is 0. The van der Waals surface area contributed by atoms with Crippen LogP contribution in [0.25, 0.3) is 11.1 Å². The van der Waals surface area contributed by atoms with E-state index in [1.54, 1.807) is 4.90 Å². The van der Waals surface area contributed by atoms with Gasteiger partial charge in [-0.2, -0.15) is 0 Å². The van der Waals surface area contributed by atoms with Crippen molar-refractivity contribution in [1.29, 1.82) is 0 Å². The number of nitrogen functional groups attached to an aromatic ring is 1. The molecule has 5 nitrogen and oxygen atoms in total. The molecule has 0 aliphatic rings. The van der Waals surface area contributed by atoms with Crippen molar-refractivity contribution < 1.29 is 14.6 Å². The topological polar surface area (TPSA) is 82.9 Å². The van der Waals surface area contributed by atoms with E-state index >= 15 is 0 Å². The van der Waals surface area contributed by atoms with Crippen LogP contribution in [0.5, 0.6) is 0 Å². The van der Waals surface area contributed by atoms with E-state index in [9.17, 15) is 0 Å². The molecule has 1 aromatic carbocycles. The molecule has 0 aliphatic heterocycles. The van der Waals surface area contributed by atoms with Gasteiger partial charge in [-0.3, -0.25) is 0 Å². The Morgan fingerprint density at radius 3 is 2.25 bits per heavy atom. The molecule has 0 fully saturated rings. The number of aliphatic hydroxyl groups excluding tert-OH is 2. The van der Waals surface area contributed by atoms with Crippen molar-refractivity contribution in [3.8, 4) is 11.1 Å². The number of rotatable bonds is 6. The third kappa shape index (κ3) is 2.79. The molecule has 4 N–H and O–H groups in total. The Hall–Kier alpha value is -1.98. The Morgan fingerprint density at radius 1 is 1.10 bits per heavy atom. The highest BCUT2D eigenvalue weighted by atomic mass is 16.4. The van der Waals surface area contributed by atoms with Crippen molar-refractivity contribution in [2.75, 3.05) is 36.9 Å². The van der Waals surface area contributed by atoms with Crippen LogP contribution in [0.4, 0.5) is 11.8 Å². The molecule has 20 heavy (non-hydrogen) atoms. The van der Waals surface area contributed by atoms with E-state index in [-0.39, 0.29) is 13.2 Å². The maximum Gasteiger partial charge on any atom is 0.201 e. The van der Waals surface area contributed by atoms with E-state index in [0.717, 1.165) is 16.7 Å². The van der Waals surface area contributed by atoms with Gasteiger partial charge in [0.2, 0.25) is 11.8 Å². The molecule has 2 rings (SSSR count). The summed E-state index contributed by atoms with van der Waals surface area (Å²) in [5.74, 6) is 0.953. The van der Waals surface area contributed by atoms with Crippen LogP contribution in [0.1, 0.15) is 5.56 Å². The summed E-state index contributed by atoms with van der Waals surface area (Å²) in [6.07, 6.45) is 0. The Kier molecular flexibility index (Phi) is 4.65. The molecule has 0 saturated heterocycles. The summed E-state index contributed by atoms with van der Waals surface area (Å²) < 4.78 is 5.65. The van der Waals surface area contributed by atoms with Crippen LogP contribution in [0, 0.1) is 6.92 Å². The Morgan fingerprint density at radius 2 is 1.70 bits per heavy atom. The minimum absolute atomic E-state index is 0.0132. The van der Waals surface area contributed by atoms with E-state index in [1.807, 2.05) is 37.3 Å². The van der Waals surface area contributed by atoms with Crippen molar-refractivity contribution in [3.05, 3.63) is 35.9 Å². The van der Waals surface area contributed by atoms with Gasteiger partial charge in [-0.15, -0.1) is 0 Å². The van der Waals surface area contributed by atoms with Crippen LogP contribution in [-0.2, 0) is 0 Å². The fourth-order valence-corrected chi connectivity index (χ4v) is 2.35. The standard InChI is InChI=1S/C15H20N2O3/c1-11-13(12-5-3-2-4-6-12)14(16)20-15(11)17(7-9-18)8-10-19/h2-6,18-19H,7-10,16H2,1H3. The van der Waals surface area contributed by atoms with Crippen molar-refractivity contribution in [2.24, 2.45) is 0 Å². The zero-order valence-electron chi connectivity index (χ0n) is 11.5. The van der Waals surface area contributed by atoms with Gasteiger partial charge in [0.05, 0.1) is 18.8 Å². The number of nitrogens with two attached hydrogens (primary N) is 1. The van der Waals surface area contributed by atoms with Gasteiger partial charge >= 0.3 is 0 Å². The first-order chi connectivity index (χ1) is 9.69. The molecule has 1 heterocycles. The summed E-state index contributed by atoms with van der Waals surface area (Å²) in [6.45, 7) is 2.69. The molecule has 0 saturated carbocycles. The molecule has 5 heteroatoms. The maximum absolute atomic E-state index is 9.11. The summed E-state index contributed by atoms with van der Waals surface area (Å²) >= 11 is 0. The predicted octanol–water partition coefficient (Wildman–Crippen LogP) is 1.63. The quantitative estimate of drug-likeness (QED) is 0.747. The van der Waals surface area contributed by atoms with Gasteiger partial charge in [0.25, 0.3) is 0 Å². The van der Waals surface area contributed by atoms with Crippen molar-refractivity contribution in [1.82, 2.24) is 0 Å². The van der Waals surface area contributed by atoms with Gasteiger partial charge in [0.15, 0.2) is 0 Å². The zero-order valence-corrected chi connectivity index (χ0v) is 11.5. The monoisotopic (exact) mass is 276 g/mol. The van der Waals surface area contributed by atoms with Crippen LogP contribution in [0.3, 0.4) is 0 Å². The molecule has 0 unspecified atom stereocenters. The number of furan rings is 1. The minimum Gasteiger partial charge on any atom is -0.424 e. The van der Waals surface area contributed by atoms with Gasteiger partial charge in [0, 0.05) is 18.7 Å². The number of hydrogen-bond donors (Lipinski definition) is 3. The molecule has 0 spiro atoms. The maximum atomic E-state index is 9.11. The summed E-state index contributed by atoms with van der Waals surface area (Å²) in [6, 6.07) is 9.78. The first-order valence-corrected chi connectivity index (χ1v) is 6.60. The molecule has 108 valence electrons. The van der Waals surface area contributed by atoms with E-state index in [0.29, 0.717) is 24.9 Å². The Balaban J connectivity index is 2.42. The molecule has 0 atom stereocenters. The van der Waals surface area contributed by atoms with Crippen LogP contribution in [-0.4, -0.2) is 36.5 Å². The molecule has 0 aliphatic carbocycles. The highest BCUT2D eigenvalue weighted by Crippen LogP contribution is 2.38. The van der Waals surface area contributed by atoms with E-state index in [1.165, 1.54) is 0 Å².